The van der Waals surface area contributed by atoms with Crippen molar-refractivity contribution in [2.45, 2.75) is 166 Å². The smallest absolute Gasteiger partial charge is 0.329 e. The Balaban J connectivity index is 1.76. The number of carbonyl (C=O) groups is 4. The number of hydrogen-bond donors (Lipinski definition) is 2. The lowest BCUT2D eigenvalue weighted by Gasteiger charge is -2.47. The maximum absolute atomic E-state index is 14.3. The number of aliphatic hydroxyl groups excluding tert-OH is 1. The SMILES string of the molecule is CCC1C=C(C)C[C@H](C)C[C@H](OC)[C@H]2O[C@@](O)(C(=O)C(=O)N3CCCC[C@H]3C(=O)O[C@H](C(C)=C[C@@H]3CC[C@H](Cl)[C@H](OC)C3)[C@H](C)[C@@H](O)CC1=O)[C@H](C)C[C@@H]2OC. The Hall–Kier alpha value is -2.19. The van der Waals surface area contributed by atoms with Crippen molar-refractivity contribution in [2.75, 3.05) is 27.9 Å². The third kappa shape index (κ3) is 10.9. The van der Waals surface area contributed by atoms with Crippen molar-refractivity contribution in [2.24, 2.45) is 29.6 Å². The molecule has 1 saturated carbocycles. The predicted molar refractivity (Wildman–Crippen MR) is 212 cm³/mol. The number of allylic oxidation sites excluding steroid dienone is 3. The Kier molecular flexibility index (Phi) is 17.2. The lowest BCUT2D eigenvalue weighted by Crippen LogP contribution is -2.64. The average Bonchev–Trinajstić information content (AvgIpc) is 3.18. The Bertz CT molecular complexity index is 1440. The lowest BCUT2D eigenvalue weighted by molar-refractivity contribution is -0.302. The molecule has 12 nitrogen and oxygen atoms in total. The topological polar surface area (TPSA) is 158 Å². The molecule has 4 rings (SSSR count). The number of methoxy groups -OCH3 is 3. The lowest BCUT2D eigenvalue weighted by atomic mass is 9.82. The van der Waals surface area contributed by atoms with Gasteiger partial charge in [-0.3, -0.25) is 14.4 Å². The van der Waals surface area contributed by atoms with Crippen molar-refractivity contribution in [1.82, 2.24) is 4.90 Å². The summed E-state index contributed by atoms with van der Waals surface area (Å²) in [4.78, 5) is 57.7. The van der Waals surface area contributed by atoms with Gasteiger partial charge < -0.3 is 38.8 Å². The van der Waals surface area contributed by atoms with E-state index in [0.29, 0.717) is 44.1 Å². The maximum Gasteiger partial charge on any atom is 0.329 e. The fourth-order valence-electron chi connectivity index (χ4n) is 9.36. The maximum atomic E-state index is 14.3. The van der Waals surface area contributed by atoms with Gasteiger partial charge in [0.2, 0.25) is 5.79 Å². The van der Waals surface area contributed by atoms with Gasteiger partial charge in [-0.25, -0.2) is 4.79 Å². The number of fused-ring (bicyclic) bond motifs is 3. The van der Waals surface area contributed by atoms with Gasteiger partial charge in [0.15, 0.2) is 0 Å². The number of rotatable bonds is 6. The molecular formula is C43H68ClNO11. The molecule has 0 spiro atoms. The van der Waals surface area contributed by atoms with Gasteiger partial charge in [0.05, 0.1) is 29.8 Å². The van der Waals surface area contributed by atoms with Crippen LogP contribution in [-0.4, -0.2) is 120 Å². The first-order valence-electron chi connectivity index (χ1n) is 20.7. The van der Waals surface area contributed by atoms with E-state index < -0.39 is 77.8 Å². The number of halogens is 1. The molecule has 0 aromatic rings. The largest absolute Gasteiger partial charge is 0.456 e. The molecule has 0 aromatic heterocycles. The molecule has 3 heterocycles. The van der Waals surface area contributed by atoms with E-state index >= 15 is 0 Å². The molecule has 1 unspecified atom stereocenters. The van der Waals surface area contributed by atoms with Crippen LogP contribution < -0.4 is 0 Å². The van der Waals surface area contributed by atoms with Crippen molar-refractivity contribution in [3.63, 3.8) is 0 Å². The fraction of sp³-hybridized carbons (Fsp3) is 0.814. The van der Waals surface area contributed by atoms with E-state index in [1.54, 1.807) is 21.0 Å². The first kappa shape index (κ1) is 46.5. The molecule has 0 aromatic carbocycles. The summed E-state index contributed by atoms with van der Waals surface area (Å²) in [5.74, 6) is -7.31. The van der Waals surface area contributed by atoms with Crippen molar-refractivity contribution < 1.29 is 53.1 Å². The molecule has 3 aliphatic heterocycles. The van der Waals surface area contributed by atoms with Crippen LogP contribution in [-0.2, 0) is 42.9 Å². The summed E-state index contributed by atoms with van der Waals surface area (Å²) >= 11 is 6.52. The Morgan fingerprint density at radius 1 is 0.964 bits per heavy atom. The van der Waals surface area contributed by atoms with Crippen molar-refractivity contribution in [3.05, 3.63) is 23.3 Å². The molecule has 13 heteroatoms. The van der Waals surface area contributed by atoms with E-state index in [0.717, 1.165) is 18.4 Å². The summed E-state index contributed by atoms with van der Waals surface area (Å²) in [6.07, 6.45) is 5.16. The van der Waals surface area contributed by atoms with Gasteiger partial charge in [-0.2, -0.15) is 0 Å². The zero-order chi connectivity index (χ0) is 41.5. The van der Waals surface area contributed by atoms with Crippen LogP contribution in [0.4, 0.5) is 0 Å². The second-order valence-electron chi connectivity index (χ2n) is 17.1. The summed E-state index contributed by atoms with van der Waals surface area (Å²) in [5.41, 5.74) is 1.71. The highest BCUT2D eigenvalue weighted by atomic mass is 35.5. The molecule has 0 radical (unpaired) electrons. The number of piperidine rings is 1. The first-order valence-corrected chi connectivity index (χ1v) is 21.2. The quantitative estimate of drug-likeness (QED) is 0.146. The van der Waals surface area contributed by atoms with Gasteiger partial charge >= 0.3 is 5.97 Å². The molecule has 1 amide bonds. The number of nitrogens with zero attached hydrogens (tertiary/aromatic N) is 1. The van der Waals surface area contributed by atoms with E-state index in [9.17, 15) is 29.4 Å². The van der Waals surface area contributed by atoms with Crippen LogP contribution in [0.5, 0.6) is 0 Å². The normalized spacial score (nSPS) is 40.6. The van der Waals surface area contributed by atoms with Crippen molar-refractivity contribution in [1.29, 1.82) is 0 Å². The van der Waals surface area contributed by atoms with Gasteiger partial charge in [-0.05, 0) is 95.5 Å². The van der Waals surface area contributed by atoms with Gasteiger partial charge in [-0.15, -0.1) is 11.6 Å². The number of ether oxygens (including phenoxy) is 5. The Morgan fingerprint density at radius 2 is 1.62 bits per heavy atom. The monoisotopic (exact) mass is 809 g/mol. The van der Waals surface area contributed by atoms with E-state index in [1.807, 2.05) is 32.9 Å². The van der Waals surface area contributed by atoms with Crippen LogP contribution in [0, 0.1) is 29.6 Å². The first-order chi connectivity index (χ1) is 26.5. The number of alkyl halides is 1. The van der Waals surface area contributed by atoms with Crippen LogP contribution in [0.2, 0.25) is 0 Å². The molecule has 2 bridgehead atoms. The summed E-state index contributed by atoms with van der Waals surface area (Å²) in [6.45, 7) is 11.3. The van der Waals surface area contributed by atoms with Gasteiger partial charge in [0.1, 0.15) is 24.0 Å². The van der Waals surface area contributed by atoms with E-state index in [4.69, 9.17) is 35.3 Å². The summed E-state index contributed by atoms with van der Waals surface area (Å²) in [7, 11) is 4.71. The number of hydrogen-bond acceptors (Lipinski definition) is 11. The Labute approximate surface area is 339 Å². The zero-order valence-corrected chi connectivity index (χ0v) is 35.8. The summed E-state index contributed by atoms with van der Waals surface area (Å²) in [6, 6.07) is -1.12. The molecule has 3 fully saturated rings. The molecule has 1 aliphatic carbocycles. The van der Waals surface area contributed by atoms with Crippen molar-refractivity contribution in [3.8, 4) is 0 Å². The zero-order valence-electron chi connectivity index (χ0n) is 35.0. The van der Waals surface area contributed by atoms with Crippen LogP contribution in [0.1, 0.15) is 112 Å². The van der Waals surface area contributed by atoms with Crippen molar-refractivity contribution >= 4 is 35.0 Å². The third-order valence-corrected chi connectivity index (χ3v) is 13.3. The number of cyclic esters (lactones) is 1. The average molecular weight is 810 g/mol. The number of Topliss-reactive ketones (excluding diaryl/α,β-unsaturated/α-hetero) is 2. The van der Waals surface area contributed by atoms with E-state index in [-0.39, 0.29) is 54.9 Å². The van der Waals surface area contributed by atoms with Gasteiger partial charge in [-0.1, -0.05) is 45.4 Å². The molecule has 2 saturated heterocycles. The molecule has 2 N–H and O–H groups in total. The van der Waals surface area contributed by atoms with Crippen LogP contribution in [0.15, 0.2) is 23.3 Å². The predicted octanol–water partition coefficient (Wildman–Crippen LogP) is 5.72. The minimum Gasteiger partial charge on any atom is -0.456 e. The number of amides is 1. The van der Waals surface area contributed by atoms with E-state index in [2.05, 4.69) is 6.92 Å². The molecule has 14 atom stereocenters. The third-order valence-electron chi connectivity index (χ3n) is 12.8. The number of ketones is 2. The minimum atomic E-state index is -2.49. The van der Waals surface area contributed by atoms with Crippen LogP contribution in [0.25, 0.3) is 0 Å². The summed E-state index contributed by atoms with van der Waals surface area (Å²) in [5, 5.41) is 23.6. The summed E-state index contributed by atoms with van der Waals surface area (Å²) < 4.78 is 29.9. The van der Waals surface area contributed by atoms with Crippen LogP contribution >= 0.6 is 11.6 Å². The fourth-order valence-corrected chi connectivity index (χ4v) is 9.69. The number of carbonyl (C=O) groups excluding carboxylic acids is 4. The number of aliphatic hydroxyl groups is 2. The van der Waals surface area contributed by atoms with Crippen LogP contribution in [0.3, 0.4) is 0 Å². The van der Waals surface area contributed by atoms with E-state index in [1.165, 1.54) is 19.1 Å². The molecule has 318 valence electrons. The van der Waals surface area contributed by atoms with Gasteiger partial charge in [0.25, 0.3) is 11.7 Å². The second-order valence-corrected chi connectivity index (χ2v) is 17.7. The highest BCUT2D eigenvalue weighted by molar-refractivity contribution is 6.39. The minimum absolute atomic E-state index is 0.0425. The highest BCUT2D eigenvalue weighted by Crippen LogP contribution is 2.39. The standard InChI is InChI=1S/C43H68ClNO11/c1-10-30-18-24(2)17-25(3)19-36(53-8)39-37(54-9)21-27(5)43(51,56-39)40(48)41(49)45-16-12-11-13-32(45)42(50)55-38(28(6)33(46)23-34(30)47)26(4)20-29-14-15-31(44)35(22-29)52-7/h18,20,25,27-33,35-39,46,51H,10-17,19,21-23H2,1-9H3/t25-,27+,28+,29-,30?,31-,32-,33-,35+,36-,37-,38+,39+,43+/m0/s1. The Morgan fingerprint density at radius 3 is 2.27 bits per heavy atom. The van der Waals surface area contributed by atoms with Gasteiger partial charge in [0, 0.05) is 52.0 Å². The second kappa shape index (κ2) is 20.7. The highest BCUT2D eigenvalue weighted by Gasteiger charge is 2.56. The number of esters is 1. The molecule has 56 heavy (non-hydrogen) atoms. The molecule has 4 aliphatic rings. The molecular weight excluding hydrogens is 742 g/mol.